The van der Waals surface area contributed by atoms with Gasteiger partial charge < -0.3 is 15.5 Å². The number of carbonyl (C=O) groups is 1. The Morgan fingerprint density at radius 1 is 1.50 bits per heavy atom. The van der Waals surface area contributed by atoms with Crippen molar-refractivity contribution >= 4 is 17.3 Å². The third-order valence-corrected chi connectivity index (χ3v) is 3.42. The highest BCUT2D eigenvalue weighted by Crippen LogP contribution is 2.26. The van der Waals surface area contributed by atoms with E-state index in [-0.39, 0.29) is 5.91 Å². The molecule has 0 bridgehead atoms. The zero-order valence-electron chi connectivity index (χ0n) is 11.1. The normalized spacial score (nSPS) is 13.4. The molecule has 98 valence electrons. The van der Waals surface area contributed by atoms with Crippen molar-refractivity contribution < 1.29 is 4.79 Å². The summed E-state index contributed by atoms with van der Waals surface area (Å²) in [6.45, 7) is 1.81. The van der Waals surface area contributed by atoms with Gasteiger partial charge in [-0.2, -0.15) is 0 Å². The van der Waals surface area contributed by atoms with Crippen LogP contribution in [-0.4, -0.2) is 33.1 Å². The predicted octanol–water partition coefficient (Wildman–Crippen LogP) is 1.62. The molecule has 0 radical (unpaired) electrons. The molecular formula is C14H21N3O. The summed E-state index contributed by atoms with van der Waals surface area (Å²) in [5.41, 5.74) is 3.82. The van der Waals surface area contributed by atoms with Crippen LogP contribution in [0.1, 0.15) is 18.4 Å². The number of rotatable bonds is 4. The molecular weight excluding hydrogens is 226 g/mol. The van der Waals surface area contributed by atoms with Crippen molar-refractivity contribution in [1.29, 1.82) is 0 Å². The van der Waals surface area contributed by atoms with Crippen LogP contribution in [0, 0.1) is 0 Å². The van der Waals surface area contributed by atoms with Crippen LogP contribution < -0.4 is 15.5 Å². The molecule has 18 heavy (non-hydrogen) atoms. The SMILES string of the molecule is CNC(=O)CCN(C)c1ccc2c(c1)CCCN2. The van der Waals surface area contributed by atoms with Crippen molar-refractivity contribution in [3.05, 3.63) is 23.8 Å². The minimum Gasteiger partial charge on any atom is -0.385 e. The van der Waals surface area contributed by atoms with Crippen LogP contribution in [0.3, 0.4) is 0 Å². The van der Waals surface area contributed by atoms with Crippen molar-refractivity contribution in [2.45, 2.75) is 19.3 Å². The van der Waals surface area contributed by atoms with E-state index in [9.17, 15) is 4.79 Å². The Labute approximate surface area is 108 Å². The van der Waals surface area contributed by atoms with Gasteiger partial charge in [0.2, 0.25) is 5.91 Å². The summed E-state index contributed by atoms with van der Waals surface area (Å²) in [6.07, 6.45) is 2.86. The third kappa shape index (κ3) is 2.94. The monoisotopic (exact) mass is 247 g/mol. The first-order valence-corrected chi connectivity index (χ1v) is 6.49. The number of nitrogens with zero attached hydrogens (tertiary/aromatic N) is 1. The average molecular weight is 247 g/mol. The van der Waals surface area contributed by atoms with Crippen molar-refractivity contribution in [3.63, 3.8) is 0 Å². The van der Waals surface area contributed by atoms with Gasteiger partial charge in [-0.25, -0.2) is 0 Å². The summed E-state index contributed by atoms with van der Waals surface area (Å²) in [5, 5.41) is 6.05. The van der Waals surface area contributed by atoms with E-state index in [1.165, 1.54) is 23.4 Å². The first-order chi connectivity index (χ1) is 8.70. The topological polar surface area (TPSA) is 44.4 Å². The highest BCUT2D eigenvalue weighted by molar-refractivity contribution is 5.76. The number of benzene rings is 1. The van der Waals surface area contributed by atoms with Crippen molar-refractivity contribution in [3.8, 4) is 0 Å². The van der Waals surface area contributed by atoms with Gasteiger partial charge in [0.25, 0.3) is 0 Å². The summed E-state index contributed by atoms with van der Waals surface area (Å²) >= 11 is 0. The van der Waals surface area contributed by atoms with Gasteiger partial charge in [0, 0.05) is 45.0 Å². The molecule has 1 aromatic carbocycles. The van der Waals surface area contributed by atoms with E-state index in [2.05, 4.69) is 33.7 Å². The van der Waals surface area contributed by atoms with Crippen molar-refractivity contribution in [1.82, 2.24) is 5.32 Å². The standard InChI is InChI=1S/C14H21N3O/c1-15-14(18)7-9-17(2)12-5-6-13-11(10-12)4-3-8-16-13/h5-6,10,16H,3-4,7-9H2,1-2H3,(H,15,18). The highest BCUT2D eigenvalue weighted by atomic mass is 16.1. The fourth-order valence-corrected chi connectivity index (χ4v) is 2.22. The van der Waals surface area contributed by atoms with E-state index in [1.54, 1.807) is 7.05 Å². The summed E-state index contributed by atoms with van der Waals surface area (Å²) in [7, 11) is 3.70. The Bertz CT molecular complexity index is 431. The van der Waals surface area contributed by atoms with E-state index < -0.39 is 0 Å². The Kier molecular flexibility index (Phi) is 4.07. The van der Waals surface area contributed by atoms with E-state index in [4.69, 9.17) is 0 Å². The Balaban J connectivity index is 2.01. The molecule has 0 unspecified atom stereocenters. The molecule has 0 aliphatic carbocycles. The fourth-order valence-electron chi connectivity index (χ4n) is 2.22. The van der Waals surface area contributed by atoms with Crippen LogP contribution >= 0.6 is 0 Å². The molecule has 0 spiro atoms. The number of nitrogens with one attached hydrogen (secondary N) is 2. The average Bonchev–Trinajstić information content (AvgIpc) is 2.43. The van der Waals surface area contributed by atoms with Gasteiger partial charge in [0.05, 0.1) is 0 Å². The van der Waals surface area contributed by atoms with E-state index in [0.29, 0.717) is 6.42 Å². The minimum absolute atomic E-state index is 0.0847. The lowest BCUT2D eigenvalue weighted by Gasteiger charge is -2.23. The summed E-state index contributed by atoms with van der Waals surface area (Å²) in [5.74, 6) is 0.0847. The summed E-state index contributed by atoms with van der Waals surface area (Å²) in [6, 6.07) is 6.48. The lowest BCUT2D eigenvalue weighted by molar-refractivity contribution is -0.120. The summed E-state index contributed by atoms with van der Waals surface area (Å²) in [4.78, 5) is 13.4. The number of hydrogen-bond donors (Lipinski definition) is 2. The maximum atomic E-state index is 11.2. The second-order valence-electron chi connectivity index (χ2n) is 4.72. The number of aryl methyl sites for hydroxylation is 1. The largest absolute Gasteiger partial charge is 0.385 e. The molecule has 1 aliphatic heterocycles. The van der Waals surface area contributed by atoms with E-state index >= 15 is 0 Å². The lowest BCUT2D eigenvalue weighted by Crippen LogP contribution is -2.26. The van der Waals surface area contributed by atoms with Crippen molar-refractivity contribution in [2.24, 2.45) is 0 Å². The number of anilines is 2. The second-order valence-corrected chi connectivity index (χ2v) is 4.72. The molecule has 4 nitrogen and oxygen atoms in total. The molecule has 0 atom stereocenters. The molecule has 1 heterocycles. The lowest BCUT2D eigenvalue weighted by atomic mass is 10.0. The second kappa shape index (κ2) is 5.76. The van der Waals surface area contributed by atoms with Gasteiger partial charge in [-0.05, 0) is 36.6 Å². The minimum atomic E-state index is 0.0847. The number of hydrogen-bond acceptors (Lipinski definition) is 3. The first-order valence-electron chi connectivity index (χ1n) is 6.49. The van der Waals surface area contributed by atoms with Gasteiger partial charge >= 0.3 is 0 Å². The summed E-state index contributed by atoms with van der Waals surface area (Å²) < 4.78 is 0. The van der Waals surface area contributed by atoms with Crippen LogP contribution in [0.2, 0.25) is 0 Å². The fraction of sp³-hybridized carbons (Fsp3) is 0.500. The molecule has 1 aromatic rings. The van der Waals surface area contributed by atoms with Crippen LogP contribution in [-0.2, 0) is 11.2 Å². The quantitative estimate of drug-likeness (QED) is 0.849. The number of carbonyl (C=O) groups excluding carboxylic acids is 1. The van der Waals surface area contributed by atoms with Crippen LogP contribution in [0.25, 0.3) is 0 Å². The molecule has 1 amide bonds. The van der Waals surface area contributed by atoms with Crippen LogP contribution in [0.5, 0.6) is 0 Å². The van der Waals surface area contributed by atoms with Gasteiger partial charge in [-0.3, -0.25) is 4.79 Å². The Morgan fingerprint density at radius 2 is 2.33 bits per heavy atom. The Hall–Kier alpha value is -1.71. The highest BCUT2D eigenvalue weighted by Gasteiger charge is 2.11. The molecule has 2 N–H and O–H groups in total. The molecule has 0 aromatic heterocycles. The van der Waals surface area contributed by atoms with E-state index in [0.717, 1.165) is 19.5 Å². The van der Waals surface area contributed by atoms with Crippen LogP contribution in [0.15, 0.2) is 18.2 Å². The van der Waals surface area contributed by atoms with Gasteiger partial charge in [0.1, 0.15) is 0 Å². The molecule has 2 rings (SSSR count). The molecule has 0 saturated carbocycles. The maximum Gasteiger partial charge on any atom is 0.221 e. The molecule has 0 fully saturated rings. The van der Waals surface area contributed by atoms with Crippen molar-refractivity contribution in [2.75, 3.05) is 37.4 Å². The smallest absolute Gasteiger partial charge is 0.221 e. The van der Waals surface area contributed by atoms with Gasteiger partial charge in [-0.1, -0.05) is 0 Å². The molecule has 0 saturated heterocycles. The predicted molar refractivity (Wildman–Crippen MR) is 75.2 cm³/mol. The third-order valence-electron chi connectivity index (χ3n) is 3.42. The zero-order valence-corrected chi connectivity index (χ0v) is 11.1. The first kappa shape index (κ1) is 12.7. The van der Waals surface area contributed by atoms with Crippen LogP contribution in [0.4, 0.5) is 11.4 Å². The Morgan fingerprint density at radius 3 is 3.11 bits per heavy atom. The van der Waals surface area contributed by atoms with E-state index in [1.807, 2.05) is 7.05 Å². The van der Waals surface area contributed by atoms with Gasteiger partial charge in [0.15, 0.2) is 0 Å². The number of fused-ring (bicyclic) bond motifs is 1. The molecule has 4 heteroatoms. The van der Waals surface area contributed by atoms with Gasteiger partial charge in [-0.15, -0.1) is 0 Å². The molecule has 1 aliphatic rings. The maximum absolute atomic E-state index is 11.2. The number of amides is 1. The zero-order chi connectivity index (χ0) is 13.0.